The van der Waals surface area contributed by atoms with E-state index in [0.717, 1.165) is 6.42 Å². The SMILES string of the molecule is CC(C)=CC1CC(C)(C=Cc2ccc3[nH]ccc3c2)c2cc3[nH]ccc3cc21. The van der Waals surface area contributed by atoms with Gasteiger partial charge in [-0.05, 0) is 84.1 Å². The molecule has 2 aromatic heterocycles. The smallest absolute Gasteiger partial charge is 0.0457 e. The Hall–Kier alpha value is -3.00. The van der Waals surface area contributed by atoms with Crippen molar-refractivity contribution in [2.24, 2.45) is 0 Å². The molecule has 0 saturated heterocycles. The first-order valence-electron chi connectivity index (χ1n) is 10.0. The van der Waals surface area contributed by atoms with Gasteiger partial charge in [0.05, 0.1) is 0 Å². The minimum Gasteiger partial charge on any atom is -0.361 e. The van der Waals surface area contributed by atoms with E-state index in [0.29, 0.717) is 5.92 Å². The minimum absolute atomic E-state index is 0.0261. The van der Waals surface area contributed by atoms with Gasteiger partial charge in [0.2, 0.25) is 0 Å². The predicted molar refractivity (Wildman–Crippen MR) is 120 cm³/mol. The molecule has 28 heavy (non-hydrogen) atoms. The van der Waals surface area contributed by atoms with E-state index in [1.54, 1.807) is 0 Å². The van der Waals surface area contributed by atoms with Gasteiger partial charge >= 0.3 is 0 Å². The normalized spacial score (nSPS) is 21.6. The Morgan fingerprint density at radius 1 is 0.964 bits per heavy atom. The molecule has 2 nitrogen and oxygen atoms in total. The summed E-state index contributed by atoms with van der Waals surface area (Å²) in [5.74, 6) is 0.473. The van der Waals surface area contributed by atoms with Crippen LogP contribution in [0.5, 0.6) is 0 Å². The van der Waals surface area contributed by atoms with Gasteiger partial charge in [-0.15, -0.1) is 0 Å². The van der Waals surface area contributed by atoms with Crippen LogP contribution in [0.25, 0.3) is 27.9 Å². The highest BCUT2D eigenvalue weighted by Crippen LogP contribution is 2.49. The van der Waals surface area contributed by atoms with Crippen molar-refractivity contribution >= 4 is 27.9 Å². The summed E-state index contributed by atoms with van der Waals surface area (Å²) in [6, 6.07) is 15.7. The predicted octanol–water partition coefficient (Wildman–Crippen LogP) is 7.07. The number of nitrogens with one attached hydrogen (secondary N) is 2. The highest BCUT2D eigenvalue weighted by molar-refractivity contribution is 5.83. The first-order chi connectivity index (χ1) is 13.5. The molecular formula is C26H26N2. The number of rotatable bonds is 3. The van der Waals surface area contributed by atoms with Crippen LogP contribution in [-0.4, -0.2) is 9.97 Å². The van der Waals surface area contributed by atoms with E-state index in [1.807, 2.05) is 12.4 Å². The Morgan fingerprint density at radius 3 is 2.50 bits per heavy atom. The molecule has 0 fully saturated rings. The van der Waals surface area contributed by atoms with Crippen molar-refractivity contribution in [3.8, 4) is 0 Å². The summed E-state index contributed by atoms with van der Waals surface area (Å²) in [6.07, 6.45) is 12.3. The molecule has 0 spiro atoms. The van der Waals surface area contributed by atoms with E-state index in [-0.39, 0.29) is 5.41 Å². The van der Waals surface area contributed by atoms with Crippen LogP contribution in [0.3, 0.4) is 0 Å². The monoisotopic (exact) mass is 366 g/mol. The van der Waals surface area contributed by atoms with Crippen LogP contribution in [0.1, 0.15) is 49.8 Å². The molecule has 0 bridgehead atoms. The largest absolute Gasteiger partial charge is 0.361 e. The molecule has 2 aromatic carbocycles. The van der Waals surface area contributed by atoms with Crippen LogP contribution in [0.2, 0.25) is 0 Å². The van der Waals surface area contributed by atoms with Crippen molar-refractivity contribution < 1.29 is 0 Å². The van der Waals surface area contributed by atoms with Crippen molar-refractivity contribution in [2.75, 3.05) is 0 Å². The van der Waals surface area contributed by atoms with Crippen molar-refractivity contribution in [1.82, 2.24) is 9.97 Å². The molecule has 1 aliphatic carbocycles. The molecule has 2 atom stereocenters. The Labute approximate surface area is 166 Å². The average Bonchev–Trinajstić information content (AvgIpc) is 3.37. The van der Waals surface area contributed by atoms with Gasteiger partial charge in [0.15, 0.2) is 0 Å². The summed E-state index contributed by atoms with van der Waals surface area (Å²) in [5, 5.41) is 2.56. The van der Waals surface area contributed by atoms with Gasteiger partial charge in [0.1, 0.15) is 0 Å². The molecular weight excluding hydrogens is 340 g/mol. The highest BCUT2D eigenvalue weighted by Gasteiger charge is 2.37. The Balaban J connectivity index is 1.59. The molecule has 2 unspecified atom stereocenters. The molecule has 4 aromatic rings. The minimum atomic E-state index is 0.0261. The Morgan fingerprint density at radius 2 is 1.71 bits per heavy atom. The molecule has 0 radical (unpaired) electrons. The van der Waals surface area contributed by atoms with Gasteiger partial charge in [0, 0.05) is 34.8 Å². The van der Waals surface area contributed by atoms with Gasteiger partial charge in [-0.1, -0.05) is 36.8 Å². The number of aromatic amines is 2. The first-order valence-corrected chi connectivity index (χ1v) is 10.0. The maximum Gasteiger partial charge on any atom is 0.0457 e. The number of hydrogen-bond acceptors (Lipinski definition) is 0. The fraction of sp³-hybridized carbons (Fsp3) is 0.231. The molecule has 0 saturated carbocycles. The first kappa shape index (κ1) is 17.1. The van der Waals surface area contributed by atoms with E-state index < -0.39 is 0 Å². The van der Waals surface area contributed by atoms with Gasteiger partial charge in [-0.25, -0.2) is 0 Å². The van der Waals surface area contributed by atoms with Gasteiger partial charge in [0.25, 0.3) is 0 Å². The molecule has 0 aliphatic heterocycles. The van der Waals surface area contributed by atoms with E-state index in [4.69, 9.17) is 0 Å². The number of allylic oxidation sites excluding steroid dienone is 3. The number of H-pyrrole nitrogens is 2. The summed E-state index contributed by atoms with van der Waals surface area (Å²) in [4.78, 5) is 6.66. The van der Waals surface area contributed by atoms with Crippen LogP contribution in [0.4, 0.5) is 0 Å². The second-order valence-electron chi connectivity index (χ2n) is 8.63. The molecule has 2 heteroatoms. The number of benzene rings is 2. The zero-order chi connectivity index (χ0) is 19.3. The van der Waals surface area contributed by atoms with Crippen LogP contribution in [0, 0.1) is 0 Å². The third kappa shape index (κ3) is 2.80. The topological polar surface area (TPSA) is 31.6 Å². The maximum atomic E-state index is 3.39. The van der Waals surface area contributed by atoms with E-state index >= 15 is 0 Å². The highest BCUT2D eigenvalue weighted by atomic mass is 14.7. The summed E-state index contributed by atoms with van der Waals surface area (Å²) < 4.78 is 0. The molecule has 2 N–H and O–H groups in total. The Bertz CT molecular complexity index is 1230. The molecule has 1 aliphatic rings. The van der Waals surface area contributed by atoms with Crippen LogP contribution >= 0.6 is 0 Å². The zero-order valence-corrected chi connectivity index (χ0v) is 16.7. The number of hydrogen-bond donors (Lipinski definition) is 2. The van der Waals surface area contributed by atoms with Gasteiger partial charge in [-0.3, -0.25) is 0 Å². The van der Waals surface area contributed by atoms with E-state index in [2.05, 4.69) is 91.4 Å². The summed E-state index contributed by atoms with van der Waals surface area (Å²) in [7, 11) is 0. The fourth-order valence-electron chi connectivity index (χ4n) is 4.76. The summed E-state index contributed by atoms with van der Waals surface area (Å²) in [5.41, 5.74) is 8.00. The number of fused-ring (bicyclic) bond motifs is 3. The second kappa shape index (κ2) is 6.27. The molecule has 140 valence electrons. The Kier molecular flexibility index (Phi) is 3.83. The van der Waals surface area contributed by atoms with Crippen LogP contribution < -0.4 is 0 Å². The molecule has 5 rings (SSSR count). The average molecular weight is 367 g/mol. The van der Waals surface area contributed by atoms with Crippen molar-refractivity contribution in [2.45, 2.75) is 38.5 Å². The zero-order valence-electron chi connectivity index (χ0n) is 16.7. The fourth-order valence-corrected chi connectivity index (χ4v) is 4.76. The molecule has 2 heterocycles. The van der Waals surface area contributed by atoms with E-state index in [9.17, 15) is 0 Å². The van der Waals surface area contributed by atoms with Crippen molar-refractivity contribution in [3.63, 3.8) is 0 Å². The van der Waals surface area contributed by atoms with Gasteiger partial charge < -0.3 is 9.97 Å². The van der Waals surface area contributed by atoms with Crippen molar-refractivity contribution in [3.05, 3.63) is 89.3 Å². The summed E-state index contributed by atoms with van der Waals surface area (Å²) >= 11 is 0. The van der Waals surface area contributed by atoms with Crippen LogP contribution in [0.15, 0.2) is 72.6 Å². The lowest BCUT2D eigenvalue weighted by Crippen LogP contribution is -2.14. The quantitative estimate of drug-likeness (QED) is 0.363. The lowest BCUT2D eigenvalue weighted by molar-refractivity contribution is 0.566. The lowest BCUT2D eigenvalue weighted by atomic mass is 9.82. The van der Waals surface area contributed by atoms with Crippen LogP contribution in [-0.2, 0) is 5.41 Å². The summed E-state index contributed by atoms with van der Waals surface area (Å²) in [6.45, 7) is 6.78. The van der Waals surface area contributed by atoms with Crippen molar-refractivity contribution in [1.29, 1.82) is 0 Å². The number of aromatic nitrogens is 2. The molecule has 0 amide bonds. The standard InChI is InChI=1S/C26H26N2/c1-17(2)12-21-16-26(3,23-15-25-20(8-11-28-25)14-22(21)23)9-6-18-4-5-24-19(13-18)7-10-27-24/h4-15,21,27-28H,16H2,1-3H3. The van der Waals surface area contributed by atoms with E-state index in [1.165, 1.54) is 44.1 Å². The third-order valence-corrected chi connectivity index (χ3v) is 6.14. The lowest BCUT2D eigenvalue weighted by Gasteiger charge is -2.21. The maximum absolute atomic E-state index is 3.39. The third-order valence-electron chi connectivity index (χ3n) is 6.14. The second-order valence-corrected chi connectivity index (χ2v) is 8.63. The van der Waals surface area contributed by atoms with Gasteiger partial charge in [-0.2, -0.15) is 0 Å².